The van der Waals surface area contributed by atoms with E-state index >= 15 is 0 Å². The van der Waals surface area contributed by atoms with E-state index in [9.17, 15) is 4.79 Å². The Morgan fingerprint density at radius 2 is 2.12 bits per heavy atom. The zero-order valence-corrected chi connectivity index (χ0v) is 11.4. The van der Waals surface area contributed by atoms with Gasteiger partial charge in [0, 0.05) is 13.2 Å². The van der Waals surface area contributed by atoms with E-state index in [0.717, 1.165) is 32.3 Å². The first kappa shape index (κ1) is 14.4. The van der Waals surface area contributed by atoms with Crippen molar-refractivity contribution in [3.63, 3.8) is 0 Å². The van der Waals surface area contributed by atoms with E-state index in [1.807, 2.05) is 13.8 Å². The number of unbranched alkanes of at least 4 members (excludes halogenated alkanes) is 1. The molecule has 0 radical (unpaired) electrons. The van der Waals surface area contributed by atoms with Crippen LogP contribution in [-0.4, -0.2) is 30.2 Å². The zero-order chi connectivity index (χ0) is 12.9. The highest BCUT2D eigenvalue weighted by Gasteiger charge is 2.52. The second kappa shape index (κ2) is 6.31. The normalized spacial score (nSPS) is 16.9. The lowest BCUT2D eigenvalue weighted by Gasteiger charge is -2.13. The van der Waals surface area contributed by atoms with Crippen LogP contribution in [0.2, 0.25) is 0 Å². The zero-order valence-electron chi connectivity index (χ0n) is 10.6. The molecule has 1 rings (SSSR count). The summed E-state index contributed by atoms with van der Waals surface area (Å²) in [4.78, 5) is 12.1. The maximum absolute atomic E-state index is 11.8. The van der Waals surface area contributed by atoms with Crippen LogP contribution >= 0.6 is 12.2 Å². The van der Waals surface area contributed by atoms with Crippen molar-refractivity contribution in [2.75, 3.05) is 13.2 Å². The van der Waals surface area contributed by atoms with E-state index in [1.54, 1.807) is 0 Å². The molecule has 0 bridgehead atoms. The van der Waals surface area contributed by atoms with Gasteiger partial charge in [-0.1, -0.05) is 12.2 Å². The monoisotopic (exact) mass is 258 g/mol. The van der Waals surface area contributed by atoms with Crippen LogP contribution in [0, 0.1) is 5.41 Å². The highest BCUT2D eigenvalue weighted by atomic mass is 32.1. The molecule has 5 heteroatoms. The second-order valence-electron chi connectivity index (χ2n) is 4.83. The Hall–Kier alpha value is -0.680. The van der Waals surface area contributed by atoms with Gasteiger partial charge in [0.15, 0.2) is 0 Å². The van der Waals surface area contributed by atoms with Gasteiger partial charge in [0.1, 0.15) is 0 Å². The summed E-state index contributed by atoms with van der Waals surface area (Å²) in [5.74, 6) is -0.00484. The molecule has 17 heavy (non-hydrogen) atoms. The average molecular weight is 258 g/mol. The molecule has 0 saturated heterocycles. The fraction of sp³-hybridized carbons (Fsp3) is 0.833. The summed E-state index contributed by atoms with van der Waals surface area (Å²) in [6, 6.07) is 0. The number of amides is 1. The molecule has 1 aliphatic rings. The number of nitrogens with one attached hydrogen (secondary N) is 1. The summed E-state index contributed by atoms with van der Waals surface area (Å²) in [5, 5.41) is 2.89. The molecule has 0 heterocycles. The molecule has 0 aromatic carbocycles. The molecule has 3 N–H and O–H groups in total. The maximum Gasteiger partial charge on any atom is 0.233 e. The Morgan fingerprint density at radius 3 is 2.59 bits per heavy atom. The summed E-state index contributed by atoms with van der Waals surface area (Å²) in [5.41, 5.74) is 5.05. The third-order valence-electron chi connectivity index (χ3n) is 2.96. The van der Waals surface area contributed by atoms with Crippen molar-refractivity contribution < 1.29 is 9.53 Å². The summed E-state index contributed by atoms with van der Waals surface area (Å²) >= 11 is 4.92. The second-order valence-corrected chi connectivity index (χ2v) is 5.27. The molecule has 0 atom stereocenters. The van der Waals surface area contributed by atoms with Gasteiger partial charge in [0.25, 0.3) is 0 Å². The molecule has 0 aromatic heterocycles. The van der Waals surface area contributed by atoms with Gasteiger partial charge in [-0.25, -0.2) is 0 Å². The van der Waals surface area contributed by atoms with Crippen LogP contribution in [0.4, 0.5) is 0 Å². The predicted molar refractivity (Wildman–Crippen MR) is 71.8 cm³/mol. The first-order valence-electron chi connectivity index (χ1n) is 6.19. The number of nitrogens with two attached hydrogens (primary N) is 1. The van der Waals surface area contributed by atoms with Crippen molar-refractivity contribution in [1.82, 2.24) is 5.32 Å². The minimum atomic E-state index is -0.524. The summed E-state index contributed by atoms with van der Waals surface area (Å²) < 4.78 is 5.41. The Balaban J connectivity index is 2.07. The fourth-order valence-corrected chi connectivity index (χ4v) is 1.92. The first-order valence-corrected chi connectivity index (χ1v) is 6.59. The van der Waals surface area contributed by atoms with E-state index in [0.29, 0.717) is 11.5 Å². The minimum absolute atomic E-state index is 0.00484. The smallest absolute Gasteiger partial charge is 0.233 e. The van der Waals surface area contributed by atoms with Crippen molar-refractivity contribution in [2.24, 2.45) is 11.1 Å². The lowest BCUT2D eigenvalue weighted by atomic mass is 10.1. The standard InChI is InChI=1S/C12H22N2O2S/c1-9(2)16-8-4-3-7-14-11(15)12(5-6-12)10(13)17/h9H,3-8H2,1-2H3,(H2,13,17)(H,14,15). The summed E-state index contributed by atoms with van der Waals surface area (Å²) in [6.45, 7) is 5.44. The molecule has 0 aromatic rings. The van der Waals surface area contributed by atoms with E-state index < -0.39 is 5.41 Å². The molecule has 1 aliphatic carbocycles. The van der Waals surface area contributed by atoms with Gasteiger partial charge in [-0.2, -0.15) is 0 Å². The van der Waals surface area contributed by atoms with E-state index in [2.05, 4.69) is 5.32 Å². The Labute approximate surface area is 108 Å². The molecule has 4 nitrogen and oxygen atoms in total. The van der Waals surface area contributed by atoms with E-state index in [1.165, 1.54) is 0 Å². The Kier molecular flexibility index (Phi) is 5.33. The van der Waals surface area contributed by atoms with Gasteiger partial charge in [0.05, 0.1) is 16.5 Å². The van der Waals surface area contributed by atoms with Gasteiger partial charge < -0.3 is 15.8 Å². The van der Waals surface area contributed by atoms with Gasteiger partial charge in [0.2, 0.25) is 5.91 Å². The summed E-state index contributed by atoms with van der Waals surface area (Å²) in [7, 11) is 0. The van der Waals surface area contributed by atoms with Gasteiger partial charge in [-0.15, -0.1) is 0 Å². The highest BCUT2D eigenvalue weighted by Crippen LogP contribution is 2.46. The number of hydrogen-bond acceptors (Lipinski definition) is 3. The minimum Gasteiger partial charge on any atom is -0.392 e. The average Bonchev–Trinajstić information content (AvgIpc) is 3.03. The van der Waals surface area contributed by atoms with Gasteiger partial charge >= 0.3 is 0 Å². The van der Waals surface area contributed by atoms with Gasteiger partial charge in [-0.05, 0) is 39.5 Å². The number of thiocarbonyl (C=S) groups is 1. The SMILES string of the molecule is CC(C)OCCCCNC(=O)C1(C(N)=S)CC1. The summed E-state index contributed by atoms with van der Waals surface area (Å²) in [6.07, 6.45) is 3.74. The number of hydrogen-bond donors (Lipinski definition) is 2. The van der Waals surface area contributed by atoms with Crippen molar-refractivity contribution in [3.05, 3.63) is 0 Å². The lowest BCUT2D eigenvalue weighted by Crippen LogP contribution is -2.40. The van der Waals surface area contributed by atoms with Crippen LogP contribution in [0.25, 0.3) is 0 Å². The van der Waals surface area contributed by atoms with Crippen LogP contribution in [0.15, 0.2) is 0 Å². The molecule has 0 aliphatic heterocycles. The number of ether oxygens (including phenoxy) is 1. The van der Waals surface area contributed by atoms with E-state index in [4.69, 9.17) is 22.7 Å². The molecule has 98 valence electrons. The quantitative estimate of drug-likeness (QED) is 0.510. The Morgan fingerprint density at radius 1 is 1.47 bits per heavy atom. The fourth-order valence-electron chi connectivity index (χ4n) is 1.63. The largest absolute Gasteiger partial charge is 0.392 e. The third-order valence-corrected chi connectivity index (χ3v) is 3.35. The van der Waals surface area contributed by atoms with Crippen LogP contribution in [-0.2, 0) is 9.53 Å². The van der Waals surface area contributed by atoms with Gasteiger partial charge in [-0.3, -0.25) is 4.79 Å². The number of carbonyl (C=O) groups is 1. The van der Waals surface area contributed by atoms with Crippen molar-refractivity contribution in [2.45, 2.75) is 45.6 Å². The molecule has 1 saturated carbocycles. The maximum atomic E-state index is 11.8. The van der Waals surface area contributed by atoms with Crippen molar-refractivity contribution >= 4 is 23.1 Å². The van der Waals surface area contributed by atoms with Crippen LogP contribution < -0.4 is 11.1 Å². The molecule has 1 amide bonds. The number of carbonyl (C=O) groups excluding carboxylic acids is 1. The molecular weight excluding hydrogens is 236 g/mol. The highest BCUT2D eigenvalue weighted by molar-refractivity contribution is 7.80. The van der Waals surface area contributed by atoms with E-state index in [-0.39, 0.29) is 12.0 Å². The Bertz CT molecular complexity index is 288. The predicted octanol–water partition coefficient (Wildman–Crippen LogP) is 1.37. The first-order chi connectivity index (χ1) is 7.99. The molecule has 1 fully saturated rings. The molecular formula is C12H22N2O2S. The molecule has 0 spiro atoms. The molecule has 0 unspecified atom stereocenters. The van der Waals surface area contributed by atoms with Crippen LogP contribution in [0.5, 0.6) is 0 Å². The van der Waals surface area contributed by atoms with Crippen molar-refractivity contribution in [3.8, 4) is 0 Å². The van der Waals surface area contributed by atoms with Crippen LogP contribution in [0.1, 0.15) is 39.5 Å². The van der Waals surface area contributed by atoms with Crippen molar-refractivity contribution in [1.29, 1.82) is 0 Å². The topological polar surface area (TPSA) is 64.3 Å². The lowest BCUT2D eigenvalue weighted by molar-refractivity contribution is -0.124. The third kappa shape index (κ3) is 4.24. The van der Waals surface area contributed by atoms with Crippen LogP contribution in [0.3, 0.4) is 0 Å². The number of rotatable bonds is 8.